The van der Waals surface area contributed by atoms with Crippen molar-refractivity contribution >= 4 is 24.4 Å². The van der Waals surface area contributed by atoms with Gasteiger partial charge in [0.1, 0.15) is 5.69 Å². The van der Waals surface area contributed by atoms with Crippen LogP contribution in [0, 0.1) is 6.92 Å². The smallest absolute Gasteiger partial charge is 0.374 e. The summed E-state index contributed by atoms with van der Waals surface area (Å²) in [7, 11) is 2.06. The van der Waals surface area contributed by atoms with Crippen LogP contribution in [-0.4, -0.2) is 20.3 Å². The van der Waals surface area contributed by atoms with Gasteiger partial charge in [0.05, 0.1) is 25.5 Å². The zero-order chi connectivity index (χ0) is 13.7. The highest BCUT2D eigenvalue weighted by molar-refractivity contribution is 6.66. The lowest BCUT2D eigenvalue weighted by molar-refractivity contribution is -0.658. The van der Waals surface area contributed by atoms with Crippen molar-refractivity contribution in [1.29, 1.82) is 0 Å². The van der Waals surface area contributed by atoms with Gasteiger partial charge in [0.2, 0.25) is 0 Å². The number of pyridine rings is 1. The third-order valence-corrected chi connectivity index (χ3v) is 4.13. The Kier molecular flexibility index (Phi) is 2.50. The lowest BCUT2D eigenvalue weighted by Gasteiger charge is -2.16. The van der Waals surface area contributed by atoms with Crippen molar-refractivity contribution in [3.05, 3.63) is 48.2 Å². The maximum Gasteiger partial charge on any atom is 0.680 e. The number of rotatable bonds is 1. The first-order valence-electron chi connectivity index (χ1n) is 6.99. The number of anilines is 3. The molecule has 0 N–H and O–H groups in total. The summed E-state index contributed by atoms with van der Waals surface area (Å²) < 4.78 is 8.12. The van der Waals surface area contributed by atoms with Crippen LogP contribution in [0.3, 0.4) is 0 Å². The van der Waals surface area contributed by atoms with E-state index in [-0.39, 0.29) is 7.19 Å². The molecule has 1 aromatic carbocycles. The molecule has 0 spiro atoms. The number of aromatic nitrogens is 1. The van der Waals surface area contributed by atoms with Gasteiger partial charge in [-0.15, -0.1) is 0 Å². The van der Waals surface area contributed by atoms with E-state index in [1.807, 2.05) is 6.07 Å². The second-order valence-electron chi connectivity index (χ2n) is 5.37. The summed E-state index contributed by atoms with van der Waals surface area (Å²) in [5.41, 5.74) is 3.82. The van der Waals surface area contributed by atoms with Gasteiger partial charge in [0.15, 0.2) is 0 Å². The maximum absolute atomic E-state index is 5.97. The Labute approximate surface area is 119 Å². The van der Waals surface area contributed by atoms with E-state index in [9.17, 15) is 0 Å². The van der Waals surface area contributed by atoms with Crippen molar-refractivity contribution in [2.75, 3.05) is 22.8 Å². The zero-order valence-corrected chi connectivity index (χ0v) is 11.8. The molecule has 4 nitrogen and oxygen atoms in total. The molecule has 0 bridgehead atoms. The minimum atomic E-state index is -0.0142. The Morgan fingerprint density at radius 2 is 2.10 bits per heavy atom. The van der Waals surface area contributed by atoms with E-state index < -0.39 is 0 Å². The van der Waals surface area contributed by atoms with Crippen molar-refractivity contribution < 1.29 is 9.22 Å². The second-order valence-corrected chi connectivity index (χ2v) is 5.37. The first-order chi connectivity index (χ1) is 9.77. The first-order valence-corrected chi connectivity index (χ1v) is 6.99. The van der Waals surface area contributed by atoms with Gasteiger partial charge < -0.3 is 9.47 Å². The number of nitrogens with zero attached hydrogens (tertiary/aromatic N) is 3. The Morgan fingerprint density at radius 1 is 1.20 bits per heavy atom. The van der Waals surface area contributed by atoms with Gasteiger partial charge in [-0.3, -0.25) is 0 Å². The third-order valence-electron chi connectivity index (χ3n) is 4.13. The molecule has 0 aliphatic carbocycles. The number of hydrogen-bond acceptors (Lipinski definition) is 3. The lowest BCUT2D eigenvalue weighted by Crippen LogP contribution is -2.47. The van der Waals surface area contributed by atoms with Crippen LogP contribution in [0.4, 0.5) is 17.2 Å². The zero-order valence-electron chi connectivity index (χ0n) is 11.8. The van der Waals surface area contributed by atoms with Crippen molar-refractivity contribution in [3.8, 4) is 0 Å². The van der Waals surface area contributed by atoms with E-state index in [1.165, 1.54) is 16.9 Å². The van der Waals surface area contributed by atoms with Gasteiger partial charge in [-0.2, -0.15) is 0 Å². The summed E-state index contributed by atoms with van der Waals surface area (Å²) in [5, 5.41) is 0. The minimum Gasteiger partial charge on any atom is -0.374 e. The summed E-state index contributed by atoms with van der Waals surface area (Å²) in [6, 6.07) is 12.7. The molecule has 0 atom stereocenters. The monoisotopic (exact) mass is 266 g/mol. The van der Waals surface area contributed by atoms with Gasteiger partial charge in [-0.25, -0.2) is 9.38 Å². The van der Waals surface area contributed by atoms with E-state index >= 15 is 0 Å². The fourth-order valence-electron chi connectivity index (χ4n) is 3.20. The average Bonchev–Trinajstić information content (AvgIpc) is 3.01. The van der Waals surface area contributed by atoms with Gasteiger partial charge in [-0.1, -0.05) is 18.2 Å². The largest absolute Gasteiger partial charge is 0.680 e. The molecule has 0 amide bonds. The summed E-state index contributed by atoms with van der Waals surface area (Å²) in [4.78, 5) is 4.65. The quantitative estimate of drug-likeness (QED) is 0.579. The number of fused-ring (bicyclic) bond motifs is 3. The van der Waals surface area contributed by atoms with Gasteiger partial charge in [-0.05, 0) is 24.6 Å². The van der Waals surface area contributed by atoms with E-state index in [0.717, 1.165) is 19.0 Å². The normalized spacial score (nSPS) is 16.6. The van der Waals surface area contributed by atoms with E-state index in [2.05, 4.69) is 64.7 Å². The molecule has 0 saturated carbocycles. The van der Waals surface area contributed by atoms with Crippen LogP contribution in [0.2, 0.25) is 0 Å². The average molecular weight is 266 g/mol. The highest BCUT2D eigenvalue weighted by Crippen LogP contribution is 2.45. The van der Waals surface area contributed by atoms with E-state index in [4.69, 9.17) is 4.65 Å². The molecule has 20 heavy (non-hydrogen) atoms. The SMILES string of the molecule is Cc1cccc2c1N(c1cccc[n+]1C)B1OCCN12. The molecule has 4 rings (SSSR count). The van der Waals surface area contributed by atoms with Gasteiger partial charge >= 0.3 is 7.19 Å². The summed E-state index contributed by atoms with van der Waals surface area (Å²) in [5.74, 6) is 1.15. The summed E-state index contributed by atoms with van der Waals surface area (Å²) in [6.07, 6.45) is 2.07. The molecule has 2 aliphatic heterocycles. The molecule has 0 radical (unpaired) electrons. The highest BCUT2D eigenvalue weighted by Gasteiger charge is 2.55. The molecule has 100 valence electrons. The topological polar surface area (TPSA) is 19.6 Å². The van der Waals surface area contributed by atoms with Crippen LogP contribution in [-0.2, 0) is 11.7 Å². The molecule has 2 aromatic rings. The van der Waals surface area contributed by atoms with Crippen LogP contribution in [0.25, 0.3) is 0 Å². The Hall–Kier alpha value is -2.01. The number of aryl methyl sites for hydroxylation is 2. The minimum absolute atomic E-state index is 0.0142. The Bertz CT molecular complexity index is 676. The van der Waals surface area contributed by atoms with Crippen molar-refractivity contribution in [1.82, 2.24) is 0 Å². The predicted octanol–water partition coefficient (Wildman–Crippen LogP) is 1.79. The molecule has 2 aliphatic rings. The lowest BCUT2D eigenvalue weighted by atomic mass is 9.98. The fourth-order valence-corrected chi connectivity index (χ4v) is 3.20. The van der Waals surface area contributed by atoms with Crippen LogP contribution in [0.1, 0.15) is 5.56 Å². The summed E-state index contributed by atoms with van der Waals surface area (Å²) in [6.45, 7) is 3.90. The van der Waals surface area contributed by atoms with Crippen molar-refractivity contribution in [3.63, 3.8) is 0 Å². The molecule has 1 aromatic heterocycles. The standard InChI is InChI=1S/C15H17BN3O/c1-12-6-5-7-13-15(12)19(16-18(13)10-11-20-16)14-8-3-4-9-17(14)2/h3-9H,10-11H2,1-2H3/q+1. The molecule has 0 unspecified atom stereocenters. The Balaban J connectivity index is 1.94. The van der Waals surface area contributed by atoms with Crippen LogP contribution < -0.4 is 14.2 Å². The molecule has 5 heteroatoms. The van der Waals surface area contributed by atoms with E-state index in [0.29, 0.717) is 0 Å². The highest BCUT2D eigenvalue weighted by atomic mass is 16.5. The molecular formula is C15H17BN3O+. The van der Waals surface area contributed by atoms with Gasteiger partial charge in [0.25, 0.3) is 5.82 Å². The van der Waals surface area contributed by atoms with Crippen LogP contribution in [0.5, 0.6) is 0 Å². The van der Waals surface area contributed by atoms with Crippen molar-refractivity contribution in [2.24, 2.45) is 7.05 Å². The maximum atomic E-state index is 5.97. The summed E-state index contributed by atoms with van der Waals surface area (Å²) >= 11 is 0. The second kappa shape index (κ2) is 4.25. The molecule has 1 fully saturated rings. The number of benzene rings is 1. The third kappa shape index (κ3) is 1.50. The van der Waals surface area contributed by atoms with Crippen LogP contribution in [0.15, 0.2) is 42.6 Å². The fraction of sp³-hybridized carbons (Fsp3) is 0.267. The number of hydrogen-bond donors (Lipinski definition) is 0. The Morgan fingerprint density at radius 3 is 2.95 bits per heavy atom. The molecule has 1 saturated heterocycles. The first kappa shape index (κ1) is 11.8. The molecular weight excluding hydrogens is 249 g/mol. The van der Waals surface area contributed by atoms with Crippen LogP contribution >= 0.6 is 0 Å². The van der Waals surface area contributed by atoms with Gasteiger partial charge in [0, 0.05) is 12.6 Å². The van der Waals surface area contributed by atoms with Crippen molar-refractivity contribution in [2.45, 2.75) is 6.92 Å². The molecule has 3 heterocycles. The predicted molar refractivity (Wildman–Crippen MR) is 80.0 cm³/mol. The number of para-hydroxylation sites is 1. The van der Waals surface area contributed by atoms with E-state index in [1.54, 1.807) is 0 Å².